The fourth-order valence-electron chi connectivity index (χ4n) is 1.39. The average molecular weight is 188 g/mol. The van der Waals surface area contributed by atoms with Crippen molar-refractivity contribution in [1.82, 2.24) is 5.16 Å². The van der Waals surface area contributed by atoms with E-state index in [4.69, 9.17) is 10.3 Å². The molecule has 0 bridgehead atoms. The topological polar surface area (TPSA) is 52.0 Å². The second kappa shape index (κ2) is 4.07. The fourth-order valence-corrected chi connectivity index (χ4v) is 1.39. The van der Waals surface area contributed by atoms with E-state index in [9.17, 15) is 0 Å². The Hall–Kier alpha value is -1.61. The molecule has 0 amide bonds. The molecule has 0 aliphatic heterocycles. The molecule has 0 radical (unpaired) electrons. The second-order valence-corrected chi connectivity index (χ2v) is 3.22. The molecule has 2 rings (SSSR count). The van der Waals surface area contributed by atoms with Crippen LogP contribution in [-0.2, 0) is 6.42 Å². The summed E-state index contributed by atoms with van der Waals surface area (Å²) in [7, 11) is 0. The van der Waals surface area contributed by atoms with E-state index < -0.39 is 0 Å². The van der Waals surface area contributed by atoms with Crippen molar-refractivity contribution in [2.45, 2.75) is 12.5 Å². The van der Waals surface area contributed by atoms with Crippen molar-refractivity contribution < 1.29 is 4.52 Å². The Kier molecular flexibility index (Phi) is 2.60. The molecule has 3 heteroatoms. The summed E-state index contributed by atoms with van der Waals surface area (Å²) in [5.41, 5.74) is 7.96. The van der Waals surface area contributed by atoms with Crippen LogP contribution < -0.4 is 5.73 Å². The Morgan fingerprint density at radius 1 is 1.21 bits per heavy atom. The zero-order valence-electron chi connectivity index (χ0n) is 7.76. The number of rotatable bonds is 3. The van der Waals surface area contributed by atoms with Crippen molar-refractivity contribution in [3.05, 3.63) is 53.9 Å². The monoisotopic (exact) mass is 188 g/mol. The maximum Gasteiger partial charge on any atom is 0.124 e. The van der Waals surface area contributed by atoms with Crippen LogP contribution in [0.5, 0.6) is 0 Å². The van der Waals surface area contributed by atoms with E-state index in [-0.39, 0.29) is 6.04 Å². The number of aromatic nitrogens is 1. The van der Waals surface area contributed by atoms with E-state index in [2.05, 4.69) is 17.3 Å². The third-order valence-electron chi connectivity index (χ3n) is 2.14. The molecule has 0 unspecified atom stereocenters. The highest BCUT2D eigenvalue weighted by atomic mass is 16.5. The number of nitrogens with two attached hydrogens (primary N) is 1. The summed E-state index contributed by atoms with van der Waals surface area (Å²) in [5.74, 6) is 0. The lowest BCUT2D eigenvalue weighted by molar-refractivity contribution is 0.405. The lowest BCUT2D eigenvalue weighted by Gasteiger charge is -2.07. The molecule has 0 aliphatic carbocycles. The highest BCUT2D eigenvalue weighted by Crippen LogP contribution is 2.13. The van der Waals surface area contributed by atoms with Crippen molar-refractivity contribution in [1.29, 1.82) is 0 Å². The normalized spacial score (nSPS) is 12.6. The van der Waals surface area contributed by atoms with E-state index in [1.807, 2.05) is 18.2 Å². The van der Waals surface area contributed by atoms with Crippen LogP contribution in [0.2, 0.25) is 0 Å². The summed E-state index contributed by atoms with van der Waals surface area (Å²) in [6, 6.07) is 11.8. The smallest absolute Gasteiger partial charge is 0.124 e. The van der Waals surface area contributed by atoms with Gasteiger partial charge in [-0.2, -0.15) is 0 Å². The number of hydrogen-bond acceptors (Lipinski definition) is 3. The van der Waals surface area contributed by atoms with Crippen LogP contribution in [0, 0.1) is 0 Å². The van der Waals surface area contributed by atoms with Crippen molar-refractivity contribution in [2.75, 3.05) is 0 Å². The van der Waals surface area contributed by atoms with Gasteiger partial charge in [0.05, 0.1) is 6.04 Å². The van der Waals surface area contributed by atoms with Gasteiger partial charge in [-0.15, -0.1) is 0 Å². The molecule has 14 heavy (non-hydrogen) atoms. The Morgan fingerprint density at radius 2 is 2.00 bits per heavy atom. The van der Waals surface area contributed by atoms with Gasteiger partial charge in [0, 0.05) is 6.07 Å². The maximum atomic E-state index is 5.95. The fraction of sp³-hybridized carbons (Fsp3) is 0.182. The Bertz CT molecular complexity index is 369. The Balaban J connectivity index is 2.06. The molecular formula is C11H12N2O. The van der Waals surface area contributed by atoms with Gasteiger partial charge in [-0.05, 0) is 12.0 Å². The van der Waals surface area contributed by atoms with Gasteiger partial charge in [-0.25, -0.2) is 0 Å². The van der Waals surface area contributed by atoms with Gasteiger partial charge in [-0.1, -0.05) is 35.5 Å². The van der Waals surface area contributed by atoms with Gasteiger partial charge < -0.3 is 10.3 Å². The molecule has 3 nitrogen and oxygen atoms in total. The predicted octanol–water partition coefficient (Wildman–Crippen LogP) is 1.92. The first-order chi connectivity index (χ1) is 6.86. The SMILES string of the molecule is N[C@@H](Cc1ccccc1)c1ccon1. The zero-order chi connectivity index (χ0) is 9.80. The third-order valence-corrected chi connectivity index (χ3v) is 2.14. The molecule has 0 spiro atoms. The van der Waals surface area contributed by atoms with E-state index in [1.165, 1.54) is 5.56 Å². The van der Waals surface area contributed by atoms with Gasteiger partial charge in [0.25, 0.3) is 0 Å². The second-order valence-electron chi connectivity index (χ2n) is 3.22. The first-order valence-electron chi connectivity index (χ1n) is 4.56. The zero-order valence-corrected chi connectivity index (χ0v) is 7.76. The molecular weight excluding hydrogens is 176 g/mol. The van der Waals surface area contributed by atoms with E-state index in [0.29, 0.717) is 0 Å². The summed E-state index contributed by atoms with van der Waals surface area (Å²) in [4.78, 5) is 0. The average Bonchev–Trinajstić information content (AvgIpc) is 2.72. The van der Waals surface area contributed by atoms with Crippen LogP contribution in [0.25, 0.3) is 0 Å². The molecule has 1 heterocycles. The van der Waals surface area contributed by atoms with E-state index in [1.54, 1.807) is 12.3 Å². The molecule has 2 N–H and O–H groups in total. The van der Waals surface area contributed by atoms with Crippen molar-refractivity contribution in [3.8, 4) is 0 Å². The minimum atomic E-state index is -0.0869. The largest absolute Gasteiger partial charge is 0.364 e. The molecule has 1 aromatic carbocycles. The van der Waals surface area contributed by atoms with Crippen LogP contribution in [0.4, 0.5) is 0 Å². The molecule has 1 aromatic heterocycles. The van der Waals surface area contributed by atoms with Crippen molar-refractivity contribution >= 4 is 0 Å². The molecule has 0 fully saturated rings. The van der Waals surface area contributed by atoms with Gasteiger partial charge in [-0.3, -0.25) is 0 Å². The Morgan fingerprint density at radius 3 is 2.64 bits per heavy atom. The van der Waals surface area contributed by atoms with Crippen LogP contribution in [-0.4, -0.2) is 5.16 Å². The molecule has 2 aromatic rings. The van der Waals surface area contributed by atoms with Gasteiger partial charge in [0.1, 0.15) is 12.0 Å². The van der Waals surface area contributed by atoms with E-state index in [0.717, 1.165) is 12.1 Å². The first kappa shape index (κ1) is 8.97. The molecule has 1 atom stereocenters. The van der Waals surface area contributed by atoms with Crippen LogP contribution >= 0.6 is 0 Å². The summed E-state index contributed by atoms with van der Waals surface area (Å²) in [6.45, 7) is 0. The number of nitrogens with zero attached hydrogens (tertiary/aromatic N) is 1. The molecule has 72 valence electrons. The lowest BCUT2D eigenvalue weighted by atomic mass is 10.0. The van der Waals surface area contributed by atoms with Gasteiger partial charge >= 0.3 is 0 Å². The number of hydrogen-bond donors (Lipinski definition) is 1. The van der Waals surface area contributed by atoms with Crippen molar-refractivity contribution in [3.63, 3.8) is 0 Å². The molecule has 0 aliphatic rings. The predicted molar refractivity (Wildman–Crippen MR) is 53.6 cm³/mol. The quantitative estimate of drug-likeness (QED) is 0.800. The third kappa shape index (κ3) is 2.00. The minimum absolute atomic E-state index is 0.0869. The first-order valence-corrected chi connectivity index (χ1v) is 4.56. The maximum absolute atomic E-state index is 5.95. The van der Waals surface area contributed by atoms with E-state index >= 15 is 0 Å². The molecule has 0 saturated carbocycles. The highest BCUT2D eigenvalue weighted by Gasteiger charge is 2.09. The van der Waals surface area contributed by atoms with Crippen molar-refractivity contribution in [2.24, 2.45) is 5.73 Å². The van der Waals surface area contributed by atoms with Crippen LogP contribution in [0.1, 0.15) is 17.3 Å². The Labute approximate surface area is 82.5 Å². The highest BCUT2D eigenvalue weighted by molar-refractivity contribution is 5.18. The molecule has 0 saturated heterocycles. The van der Waals surface area contributed by atoms with Gasteiger partial charge in [0.2, 0.25) is 0 Å². The van der Waals surface area contributed by atoms with Crippen LogP contribution in [0.3, 0.4) is 0 Å². The summed E-state index contributed by atoms with van der Waals surface area (Å²) < 4.78 is 4.74. The summed E-state index contributed by atoms with van der Waals surface area (Å²) in [5, 5.41) is 3.81. The number of benzene rings is 1. The minimum Gasteiger partial charge on any atom is -0.364 e. The van der Waals surface area contributed by atoms with Gasteiger partial charge in [0.15, 0.2) is 0 Å². The standard InChI is InChI=1S/C11H12N2O/c12-10(11-6-7-14-13-11)8-9-4-2-1-3-5-9/h1-7,10H,8,12H2/t10-/m0/s1. The summed E-state index contributed by atoms with van der Waals surface area (Å²) in [6.07, 6.45) is 2.33. The van der Waals surface area contributed by atoms with Crippen LogP contribution in [0.15, 0.2) is 47.2 Å². The summed E-state index contributed by atoms with van der Waals surface area (Å²) >= 11 is 0. The lowest BCUT2D eigenvalue weighted by Crippen LogP contribution is -2.13.